The monoisotopic (exact) mass is 286 g/mol. The number of sulfonamides is 1. The molecule has 103 valence electrons. The van der Waals surface area contributed by atoms with Gasteiger partial charge in [-0.3, -0.25) is 4.72 Å². The molecule has 0 aromatic heterocycles. The van der Waals surface area contributed by atoms with Crippen LogP contribution in [-0.4, -0.2) is 14.2 Å². The van der Waals surface area contributed by atoms with E-state index in [0.717, 1.165) is 16.7 Å². The highest BCUT2D eigenvalue weighted by atomic mass is 32.2. The van der Waals surface area contributed by atoms with Crippen molar-refractivity contribution in [3.63, 3.8) is 0 Å². The van der Waals surface area contributed by atoms with Crippen LogP contribution in [0, 0.1) is 6.92 Å². The van der Waals surface area contributed by atoms with Crippen molar-refractivity contribution >= 4 is 15.7 Å². The fourth-order valence-corrected chi connectivity index (χ4v) is 2.69. The van der Waals surface area contributed by atoms with E-state index in [1.807, 2.05) is 36.4 Å². The molecule has 1 radical (unpaired) electrons. The van der Waals surface area contributed by atoms with Gasteiger partial charge in [0.25, 0.3) is 0 Å². The van der Waals surface area contributed by atoms with Gasteiger partial charge in [-0.15, -0.1) is 6.58 Å². The highest BCUT2D eigenvalue weighted by Crippen LogP contribution is 2.22. The molecule has 20 heavy (non-hydrogen) atoms. The van der Waals surface area contributed by atoms with Crippen LogP contribution >= 0.6 is 0 Å². The molecular formula is C16H16NO2S. The van der Waals surface area contributed by atoms with Crippen LogP contribution in [0.25, 0.3) is 11.1 Å². The van der Waals surface area contributed by atoms with Crippen molar-refractivity contribution in [1.82, 2.24) is 0 Å². The summed E-state index contributed by atoms with van der Waals surface area (Å²) in [6.45, 7) is 7.27. The van der Waals surface area contributed by atoms with E-state index < -0.39 is 10.0 Å². The Morgan fingerprint density at radius 3 is 1.95 bits per heavy atom. The van der Waals surface area contributed by atoms with Crippen molar-refractivity contribution in [1.29, 1.82) is 0 Å². The van der Waals surface area contributed by atoms with Crippen molar-refractivity contribution in [2.24, 2.45) is 0 Å². The lowest BCUT2D eigenvalue weighted by molar-refractivity contribution is 0.604. The zero-order valence-electron chi connectivity index (χ0n) is 11.0. The molecule has 0 spiro atoms. The summed E-state index contributed by atoms with van der Waals surface area (Å²) in [5.41, 5.74) is 3.60. The molecule has 1 N–H and O–H groups in total. The smallest absolute Gasteiger partial charge is 0.236 e. The molecule has 0 aliphatic carbocycles. The molecule has 2 aromatic carbocycles. The number of hydrogen-bond donors (Lipinski definition) is 1. The first kappa shape index (κ1) is 14.3. The maximum Gasteiger partial charge on any atom is 0.236 e. The van der Waals surface area contributed by atoms with Gasteiger partial charge in [0.2, 0.25) is 10.0 Å². The fourth-order valence-electron chi connectivity index (χ4n) is 1.80. The molecule has 0 unspecified atom stereocenters. The van der Waals surface area contributed by atoms with Crippen molar-refractivity contribution in [2.45, 2.75) is 0 Å². The average molecular weight is 286 g/mol. The van der Waals surface area contributed by atoms with Gasteiger partial charge in [0.05, 0.1) is 5.75 Å². The Bertz CT molecular complexity index is 686. The third kappa shape index (κ3) is 3.71. The molecule has 3 nitrogen and oxygen atoms in total. The Morgan fingerprint density at radius 2 is 1.45 bits per heavy atom. The standard InChI is InChI=1S/C16H16NO2S/c1-3-12-20(18,19)17-16-10-8-15(9-11-16)14-6-4-13(2)5-7-14/h3-11,17H,1-2,12H2. The Labute approximate surface area is 120 Å². The molecule has 0 amide bonds. The third-order valence-corrected chi connectivity index (χ3v) is 4.00. The van der Waals surface area contributed by atoms with Crippen molar-refractivity contribution in [3.05, 3.63) is 73.7 Å². The summed E-state index contributed by atoms with van der Waals surface area (Å²) >= 11 is 0. The Kier molecular flexibility index (Phi) is 4.25. The summed E-state index contributed by atoms with van der Waals surface area (Å²) in [4.78, 5) is 0. The van der Waals surface area contributed by atoms with Gasteiger partial charge in [0.15, 0.2) is 0 Å². The summed E-state index contributed by atoms with van der Waals surface area (Å²) in [5, 5.41) is 0. The van der Waals surface area contributed by atoms with Gasteiger partial charge < -0.3 is 0 Å². The van der Waals surface area contributed by atoms with Crippen LogP contribution in [0.3, 0.4) is 0 Å². The minimum Gasteiger partial charge on any atom is -0.283 e. The van der Waals surface area contributed by atoms with Crippen LogP contribution in [-0.2, 0) is 10.0 Å². The maximum atomic E-state index is 11.6. The Balaban J connectivity index is 2.18. The van der Waals surface area contributed by atoms with E-state index in [4.69, 9.17) is 0 Å². The van der Waals surface area contributed by atoms with Crippen LogP contribution < -0.4 is 4.72 Å². The first-order valence-electron chi connectivity index (χ1n) is 6.14. The van der Waals surface area contributed by atoms with E-state index in [9.17, 15) is 8.42 Å². The van der Waals surface area contributed by atoms with Crippen LogP contribution in [0.5, 0.6) is 0 Å². The van der Waals surface area contributed by atoms with Crippen LogP contribution in [0.2, 0.25) is 0 Å². The lowest BCUT2D eigenvalue weighted by Gasteiger charge is -2.07. The van der Waals surface area contributed by atoms with Gasteiger partial charge in [0, 0.05) is 5.69 Å². The van der Waals surface area contributed by atoms with Crippen molar-refractivity contribution in [3.8, 4) is 11.1 Å². The molecule has 2 aromatic rings. The molecule has 0 aliphatic heterocycles. The van der Waals surface area contributed by atoms with Crippen molar-refractivity contribution in [2.75, 3.05) is 10.5 Å². The van der Waals surface area contributed by atoms with Gasteiger partial charge in [-0.05, 0) is 35.7 Å². The molecule has 0 heterocycles. The molecule has 0 aliphatic rings. The summed E-state index contributed by atoms with van der Waals surface area (Å²) in [6.07, 6.45) is 1.36. The fraction of sp³-hybridized carbons (Fsp3) is 0.0625. The zero-order valence-corrected chi connectivity index (χ0v) is 11.9. The quantitative estimate of drug-likeness (QED) is 0.856. The Hall–Kier alpha value is -2.07. The van der Waals surface area contributed by atoms with Crippen molar-refractivity contribution < 1.29 is 8.42 Å². The predicted octanol–water partition coefficient (Wildman–Crippen LogP) is 3.46. The summed E-state index contributed by atoms with van der Waals surface area (Å²) < 4.78 is 25.7. The van der Waals surface area contributed by atoms with Gasteiger partial charge in [-0.25, -0.2) is 8.42 Å². The second kappa shape index (κ2) is 5.92. The maximum absolute atomic E-state index is 11.6. The predicted molar refractivity (Wildman–Crippen MR) is 83.9 cm³/mol. The SMILES string of the molecule is [CH2]c1ccc(-c2ccc(NS(=O)(=O)CC=C)cc2)cc1. The van der Waals surface area contributed by atoms with E-state index in [1.165, 1.54) is 6.08 Å². The van der Waals surface area contributed by atoms with Gasteiger partial charge in [-0.2, -0.15) is 0 Å². The number of rotatable bonds is 5. The summed E-state index contributed by atoms with van der Waals surface area (Å²) in [5.74, 6) is -0.0975. The van der Waals surface area contributed by atoms with E-state index in [-0.39, 0.29) is 5.75 Å². The first-order valence-corrected chi connectivity index (χ1v) is 7.79. The summed E-state index contributed by atoms with van der Waals surface area (Å²) in [7, 11) is -3.34. The number of hydrogen-bond acceptors (Lipinski definition) is 2. The average Bonchev–Trinajstić information content (AvgIpc) is 2.40. The second-order valence-corrected chi connectivity index (χ2v) is 6.21. The van der Waals surface area contributed by atoms with Gasteiger partial charge in [0.1, 0.15) is 0 Å². The molecule has 0 saturated heterocycles. The lowest BCUT2D eigenvalue weighted by atomic mass is 10.0. The molecule has 2 rings (SSSR count). The first-order chi connectivity index (χ1) is 9.50. The highest BCUT2D eigenvalue weighted by Gasteiger charge is 2.07. The van der Waals surface area contributed by atoms with Crippen LogP contribution in [0.15, 0.2) is 61.2 Å². The summed E-state index contributed by atoms with van der Waals surface area (Å²) in [6, 6.07) is 15.1. The van der Waals surface area contributed by atoms with E-state index in [2.05, 4.69) is 18.2 Å². The van der Waals surface area contributed by atoms with E-state index >= 15 is 0 Å². The van der Waals surface area contributed by atoms with Gasteiger partial charge in [-0.1, -0.05) is 42.5 Å². The minimum atomic E-state index is -3.34. The normalized spacial score (nSPS) is 11.1. The topological polar surface area (TPSA) is 46.2 Å². The highest BCUT2D eigenvalue weighted by molar-refractivity contribution is 7.92. The van der Waals surface area contributed by atoms with Crippen LogP contribution in [0.1, 0.15) is 5.56 Å². The molecule has 0 fully saturated rings. The largest absolute Gasteiger partial charge is 0.283 e. The van der Waals surface area contributed by atoms with E-state index in [1.54, 1.807) is 12.1 Å². The number of benzene rings is 2. The molecule has 0 bridgehead atoms. The molecular weight excluding hydrogens is 270 g/mol. The Morgan fingerprint density at radius 1 is 0.950 bits per heavy atom. The van der Waals surface area contributed by atoms with Crippen LogP contribution in [0.4, 0.5) is 5.69 Å². The minimum absolute atomic E-state index is 0.0975. The number of nitrogens with one attached hydrogen (secondary N) is 1. The third-order valence-electron chi connectivity index (χ3n) is 2.78. The zero-order chi connectivity index (χ0) is 14.6. The second-order valence-electron chi connectivity index (χ2n) is 4.45. The van der Waals surface area contributed by atoms with E-state index in [0.29, 0.717) is 5.69 Å². The lowest BCUT2D eigenvalue weighted by Crippen LogP contribution is -2.14. The molecule has 4 heteroatoms. The molecule has 0 saturated carbocycles. The molecule has 0 atom stereocenters. The van der Waals surface area contributed by atoms with Gasteiger partial charge >= 0.3 is 0 Å². The number of anilines is 1.